The molecule has 0 N–H and O–H groups in total. The second-order valence-electron chi connectivity index (χ2n) is 7.22. The Balaban J connectivity index is 1.48. The van der Waals surface area contributed by atoms with E-state index in [1.54, 1.807) is 23.6 Å². The molecule has 0 aliphatic carbocycles. The third kappa shape index (κ3) is 6.21. The molecule has 0 aliphatic rings. The molecule has 0 spiro atoms. The van der Waals surface area contributed by atoms with Gasteiger partial charge in [0.2, 0.25) is 0 Å². The van der Waals surface area contributed by atoms with Gasteiger partial charge < -0.3 is 4.74 Å². The molecule has 0 unspecified atom stereocenters. The lowest BCUT2D eigenvalue weighted by Crippen LogP contribution is -2.34. The number of nitrogens with zero attached hydrogens (tertiary/aromatic N) is 3. The highest BCUT2D eigenvalue weighted by Crippen LogP contribution is 2.29. The maximum atomic E-state index is 13.3. The van der Waals surface area contributed by atoms with Crippen molar-refractivity contribution in [2.45, 2.75) is 13.5 Å². The lowest BCUT2D eigenvalue weighted by molar-refractivity contribution is -0.142. The van der Waals surface area contributed by atoms with Crippen LogP contribution >= 0.6 is 22.7 Å². The van der Waals surface area contributed by atoms with Crippen molar-refractivity contribution in [3.63, 3.8) is 0 Å². The first-order valence-electron chi connectivity index (χ1n) is 10.3. The van der Waals surface area contributed by atoms with Crippen LogP contribution in [0.4, 0.5) is 9.52 Å². The fourth-order valence-electron chi connectivity index (χ4n) is 3.04. The first-order valence-corrected chi connectivity index (χ1v) is 12.1. The van der Waals surface area contributed by atoms with E-state index in [-0.39, 0.29) is 12.4 Å². The number of aromatic nitrogens is 2. The summed E-state index contributed by atoms with van der Waals surface area (Å²) in [5.74, 6) is -1.37. The summed E-state index contributed by atoms with van der Waals surface area (Å²) in [7, 11) is 0. The zero-order valence-electron chi connectivity index (χ0n) is 18.2. The van der Waals surface area contributed by atoms with Gasteiger partial charge in [-0.3, -0.25) is 9.69 Å². The van der Waals surface area contributed by atoms with Crippen LogP contribution in [0.25, 0.3) is 17.3 Å². The number of ether oxygens (including phenoxy) is 1. The van der Waals surface area contributed by atoms with Gasteiger partial charge in [0.05, 0.1) is 22.9 Å². The van der Waals surface area contributed by atoms with Crippen LogP contribution in [0.5, 0.6) is 0 Å². The molecule has 4 aromatic rings. The second kappa shape index (κ2) is 11.0. The highest BCUT2D eigenvalue weighted by molar-refractivity contribution is 7.14. The summed E-state index contributed by atoms with van der Waals surface area (Å²) in [6.45, 7) is 1.71. The number of carbonyl (C=O) groups excluding carboxylic acids is 2. The van der Waals surface area contributed by atoms with Crippen molar-refractivity contribution in [2.24, 2.45) is 0 Å². The fourth-order valence-corrected chi connectivity index (χ4v) is 4.47. The zero-order valence-corrected chi connectivity index (χ0v) is 19.8. The molecule has 2 aromatic heterocycles. The van der Waals surface area contributed by atoms with Gasteiger partial charge in [-0.25, -0.2) is 19.2 Å². The molecule has 9 heteroatoms. The van der Waals surface area contributed by atoms with E-state index in [0.717, 1.165) is 16.1 Å². The largest absolute Gasteiger partial charge is 0.452 e. The zero-order chi connectivity index (χ0) is 23.9. The van der Waals surface area contributed by atoms with Gasteiger partial charge in [-0.05, 0) is 42.8 Å². The molecular weight excluding hydrogens is 473 g/mol. The third-order valence-electron chi connectivity index (χ3n) is 4.71. The minimum absolute atomic E-state index is 0.265. The quantitative estimate of drug-likeness (QED) is 0.239. The number of benzene rings is 2. The van der Waals surface area contributed by atoms with Gasteiger partial charge in [-0.1, -0.05) is 30.3 Å². The smallest absolute Gasteiger partial charge is 0.331 e. The van der Waals surface area contributed by atoms with Gasteiger partial charge in [0.15, 0.2) is 11.7 Å². The molecule has 0 bridgehead atoms. The molecule has 0 atom stereocenters. The number of aryl methyl sites for hydroxylation is 1. The van der Waals surface area contributed by atoms with E-state index in [1.807, 2.05) is 42.6 Å². The predicted molar refractivity (Wildman–Crippen MR) is 132 cm³/mol. The van der Waals surface area contributed by atoms with Gasteiger partial charge in [0.1, 0.15) is 5.82 Å². The number of hydrogen-bond acceptors (Lipinski definition) is 7. The van der Waals surface area contributed by atoms with Gasteiger partial charge in [0, 0.05) is 22.4 Å². The summed E-state index contributed by atoms with van der Waals surface area (Å²) < 4.78 is 18.4. The third-order valence-corrected chi connectivity index (χ3v) is 6.37. The van der Waals surface area contributed by atoms with Gasteiger partial charge >= 0.3 is 5.97 Å². The SMILES string of the molecule is Cc1nc(/C=C/C(=O)OCC(=O)N(Cc2ccccc2)c2nc(-c3ccc(F)cc3)cs2)cs1. The molecule has 0 fully saturated rings. The number of rotatable bonds is 8. The number of carbonyl (C=O) groups is 2. The molecule has 0 saturated carbocycles. The molecular formula is C25H20FN3O3S2. The van der Waals surface area contributed by atoms with Crippen LogP contribution in [0.1, 0.15) is 16.3 Å². The van der Waals surface area contributed by atoms with Crippen LogP contribution < -0.4 is 4.90 Å². The van der Waals surface area contributed by atoms with E-state index >= 15 is 0 Å². The van der Waals surface area contributed by atoms with Crippen molar-refractivity contribution in [3.05, 3.63) is 93.5 Å². The number of anilines is 1. The molecule has 2 aromatic carbocycles. The van der Waals surface area contributed by atoms with Gasteiger partial charge in [-0.2, -0.15) is 0 Å². The molecule has 0 aliphatic heterocycles. The maximum absolute atomic E-state index is 13.3. The number of thiazole rings is 2. The summed E-state index contributed by atoms with van der Waals surface area (Å²) in [6, 6.07) is 15.5. The van der Waals surface area contributed by atoms with Crippen molar-refractivity contribution < 1.29 is 18.7 Å². The van der Waals surface area contributed by atoms with Gasteiger partial charge in [-0.15, -0.1) is 22.7 Å². The maximum Gasteiger partial charge on any atom is 0.331 e. The Labute approximate surface area is 204 Å². The minimum atomic E-state index is -0.634. The van der Waals surface area contributed by atoms with Crippen LogP contribution in [0.2, 0.25) is 0 Å². The molecule has 4 rings (SSSR count). The van der Waals surface area contributed by atoms with E-state index in [0.29, 0.717) is 16.5 Å². The van der Waals surface area contributed by atoms with Crippen molar-refractivity contribution in [1.82, 2.24) is 9.97 Å². The molecule has 172 valence electrons. The molecule has 1 amide bonds. The summed E-state index contributed by atoms with van der Waals surface area (Å²) in [5, 5.41) is 4.98. The van der Waals surface area contributed by atoms with E-state index in [4.69, 9.17) is 4.74 Å². The Kier molecular flexibility index (Phi) is 7.56. The Morgan fingerprint density at radius 3 is 2.50 bits per heavy atom. The van der Waals surface area contributed by atoms with Crippen molar-refractivity contribution in [3.8, 4) is 11.3 Å². The van der Waals surface area contributed by atoms with Gasteiger partial charge in [0.25, 0.3) is 5.91 Å². The Hall–Kier alpha value is -3.69. The Bertz CT molecular complexity index is 1300. The predicted octanol–water partition coefficient (Wildman–Crippen LogP) is 5.50. The van der Waals surface area contributed by atoms with E-state index in [1.165, 1.54) is 45.8 Å². The van der Waals surface area contributed by atoms with Crippen LogP contribution in [-0.4, -0.2) is 28.5 Å². The average Bonchev–Trinajstić information content (AvgIpc) is 3.50. The van der Waals surface area contributed by atoms with Crippen molar-refractivity contribution in [1.29, 1.82) is 0 Å². The Morgan fingerprint density at radius 2 is 1.79 bits per heavy atom. The van der Waals surface area contributed by atoms with Crippen LogP contribution in [0.3, 0.4) is 0 Å². The summed E-state index contributed by atoms with van der Waals surface area (Å²) in [6.07, 6.45) is 2.80. The van der Waals surface area contributed by atoms with Crippen molar-refractivity contribution in [2.75, 3.05) is 11.5 Å². The summed E-state index contributed by atoms with van der Waals surface area (Å²) in [5.41, 5.74) is 2.93. The van der Waals surface area contributed by atoms with Crippen LogP contribution in [0.15, 0.2) is 71.4 Å². The second-order valence-corrected chi connectivity index (χ2v) is 9.12. The molecule has 2 heterocycles. The summed E-state index contributed by atoms with van der Waals surface area (Å²) >= 11 is 2.77. The Morgan fingerprint density at radius 1 is 1.03 bits per heavy atom. The monoisotopic (exact) mass is 493 g/mol. The van der Waals surface area contributed by atoms with Crippen molar-refractivity contribution >= 4 is 45.8 Å². The standard InChI is InChI=1S/C25H20FN3O3S2/c1-17-27-21(15-33-17)11-12-24(31)32-14-23(30)29(13-18-5-3-2-4-6-18)25-28-22(16-34-25)19-7-9-20(26)10-8-19/h2-12,15-16H,13-14H2,1H3/b12-11+. The van der Waals surface area contributed by atoms with E-state index < -0.39 is 18.5 Å². The fraction of sp³-hybridized carbons (Fsp3) is 0.120. The molecule has 0 saturated heterocycles. The average molecular weight is 494 g/mol. The highest BCUT2D eigenvalue weighted by atomic mass is 32.1. The first kappa shape index (κ1) is 23.5. The number of hydrogen-bond donors (Lipinski definition) is 0. The molecule has 34 heavy (non-hydrogen) atoms. The number of halogens is 1. The topological polar surface area (TPSA) is 72.4 Å². The molecule has 0 radical (unpaired) electrons. The van der Waals surface area contributed by atoms with E-state index in [9.17, 15) is 14.0 Å². The number of esters is 1. The molecule has 6 nitrogen and oxygen atoms in total. The number of amides is 1. The lowest BCUT2D eigenvalue weighted by Gasteiger charge is -2.20. The minimum Gasteiger partial charge on any atom is -0.452 e. The first-order chi connectivity index (χ1) is 16.5. The lowest BCUT2D eigenvalue weighted by atomic mass is 10.2. The highest BCUT2D eigenvalue weighted by Gasteiger charge is 2.21. The van der Waals surface area contributed by atoms with Crippen LogP contribution in [0, 0.1) is 12.7 Å². The summed E-state index contributed by atoms with van der Waals surface area (Å²) in [4.78, 5) is 35.5. The normalized spacial score (nSPS) is 11.0. The van der Waals surface area contributed by atoms with E-state index in [2.05, 4.69) is 9.97 Å². The van der Waals surface area contributed by atoms with Crippen LogP contribution in [-0.2, 0) is 20.9 Å².